The van der Waals surface area contributed by atoms with Gasteiger partial charge in [-0.1, -0.05) is 140 Å². The Morgan fingerprint density at radius 2 is 1.26 bits per heavy atom. The Kier molecular flexibility index (Phi) is 17.9. The van der Waals surface area contributed by atoms with Crippen molar-refractivity contribution in [1.29, 1.82) is 0 Å². The van der Waals surface area contributed by atoms with Crippen LogP contribution in [0, 0.1) is 0 Å². The molecule has 0 heterocycles. The fourth-order valence-electron chi connectivity index (χ4n) is 4.49. The van der Waals surface area contributed by atoms with Gasteiger partial charge in [0.05, 0.1) is 0 Å². The van der Waals surface area contributed by atoms with Gasteiger partial charge >= 0.3 is 5.97 Å². The molecule has 2 atom stereocenters. The molecule has 3 N–H and O–H groups in total. The van der Waals surface area contributed by atoms with Crippen LogP contribution in [0.15, 0.2) is 30.3 Å². The highest BCUT2D eigenvalue weighted by atomic mass is 16.6. The molecule has 35 heavy (non-hydrogen) atoms. The van der Waals surface area contributed by atoms with Crippen LogP contribution in [0.4, 0.5) is 0 Å². The van der Waals surface area contributed by atoms with Gasteiger partial charge in [0.2, 0.25) is 0 Å². The van der Waals surface area contributed by atoms with Crippen LogP contribution in [0.25, 0.3) is 0 Å². The molecular formula is C31H56N2O2. The molecule has 0 aliphatic rings. The van der Waals surface area contributed by atoms with E-state index in [1.165, 1.54) is 102 Å². The molecule has 0 spiro atoms. The highest BCUT2D eigenvalue weighted by molar-refractivity contribution is 5.79. The van der Waals surface area contributed by atoms with Gasteiger partial charge in [0.25, 0.3) is 0 Å². The Morgan fingerprint density at radius 3 is 1.69 bits per heavy atom. The number of carbonyl (C=O) groups is 1. The van der Waals surface area contributed by atoms with E-state index >= 15 is 0 Å². The van der Waals surface area contributed by atoms with Crippen LogP contribution in [0.2, 0.25) is 0 Å². The molecule has 2 unspecified atom stereocenters. The normalized spacial score (nSPS) is 13.5. The quantitative estimate of drug-likeness (QED) is 0.0974. The lowest BCUT2D eigenvalue weighted by atomic mass is 9.99. The number of esters is 1. The molecule has 4 nitrogen and oxygen atoms in total. The summed E-state index contributed by atoms with van der Waals surface area (Å²) in [4.78, 5) is 12.3. The van der Waals surface area contributed by atoms with Crippen molar-refractivity contribution < 1.29 is 9.53 Å². The van der Waals surface area contributed by atoms with Gasteiger partial charge < -0.3 is 10.5 Å². The summed E-state index contributed by atoms with van der Waals surface area (Å²) in [6.45, 7) is 7.69. The zero-order valence-corrected chi connectivity index (χ0v) is 23.5. The van der Waals surface area contributed by atoms with Gasteiger partial charge in [-0.2, -0.15) is 0 Å². The summed E-state index contributed by atoms with van der Waals surface area (Å²) < 4.78 is 5.67. The molecule has 0 radical (unpaired) electrons. The lowest BCUT2D eigenvalue weighted by Gasteiger charge is -2.28. The van der Waals surface area contributed by atoms with Crippen molar-refractivity contribution in [2.24, 2.45) is 5.73 Å². The molecule has 0 saturated carbocycles. The van der Waals surface area contributed by atoms with E-state index in [0.29, 0.717) is 6.42 Å². The average molecular weight is 489 g/mol. The minimum Gasteiger partial charge on any atom is -0.445 e. The third-order valence-corrected chi connectivity index (χ3v) is 6.83. The molecular weight excluding hydrogens is 432 g/mol. The van der Waals surface area contributed by atoms with E-state index in [1.54, 1.807) is 13.8 Å². The fraction of sp³-hybridized carbons (Fsp3) is 0.774. The molecule has 0 saturated heterocycles. The van der Waals surface area contributed by atoms with E-state index in [2.05, 4.69) is 36.5 Å². The molecule has 0 amide bonds. The molecule has 0 bridgehead atoms. The Bertz CT molecular complexity index is 627. The van der Waals surface area contributed by atoms with Gasteiger partial charge in [0, 0.05) is 6.04 Å². The van der Waals surface area contributed by atoms with Gasteiger partial charge in [0.15, 0.2) is 6.23 Å². The number of rotatable bonds is 22. The third kappa shape index (κ3) is 16.1. The second kappa shape index (κ2) is 19.8. The van der Waals surface area contributed by atoms with Crippen LogP contribution in [0.5, 0.6) is 0 Å². The predicted molar refractivity (Wildman–Crippen MR) is 150 cm³/mol. The molecule has 1 aromatic carbocycles. The van der Waals surface area contributed by atoms with Gasteiger partial charge in [-0.05, 0) is 32.3 Å². The standard InChI is InChI=1S/C31H56N2O2/c1-5-7-8-9-10-11-12-13-14-15-16-17-18-19-23-26-28(27-24-21-20-22-25-27)33-29(6-2)35-30(34)31(3,4)32/h20-22,24-25,28-29,33H,5-19,23,26,32H2,1-4H3. The van der Waals surface area contributed by atoms with Crippen molar-refractivity contribution in [2.45, 2.75) is 155 Å². The van der Waals surface area contributed by atoms with Gasteiger partial charge in [-0.25, -0.2) is 0 Å². The number of hydrogen-bond acceptors (Lipinski definition) is 4. The monoisotopic (exact) mass is 488 g/mol. The van der Waals surface area contributed by atoms with Crippen molar-refractivity contribution in [2.75, 3.05) is 0 Å². The summed E-state index contributed by atoms with van der Waals surface area (Å²) in [6.07, 6.45) is 22.0. The summed E-state index contributed by atoms with van der Waals surface area (Å²) in [5.74, 6) is -0.365. The molecule has 202 valence electrons. The van der Waals surface area contributed by atoms with Crippen molar-refractivity contribution >= 4 is 5.97 Å². The van der Waals surface area contributed by atoms with Gasteiger partial charge in [-0.3, -0.25) is 10.1 Å². The summed E-state index contributed by atoms with van der Waals surface area (Å²) >= 11 is 0. The van der Waals surface area contributed by atoms with Crippen LogP contribution in [-0.4, -0.2) is 17.7 Å². The maximum absolute atomic E-state index is 12.3. The number of hydrogen-bond donors (Lipinski definition) is 2. The zero-order chi connectivity index (χ0) is 25.8. The molecule has 0 aliphatic heterocycles. The number of ether oxygens (including phenoxy) is 1. The van der Waals surface area contributed by atoms with Gasteiger partial charge in [-0.15, -0.1) is 0 Å². The van der Waals surface area contributed by atoms with Crippen molar-refractivity contribution in [3.63, 3.8) is 0 Å². The lowest BCUT2D eigenvalue weighted by molar-refractivity contribution is -0.156. The first-order valence-corrected chi connectivity index (χ1v) is 14.7. The average Bonchev–Trinajstić information content (AvgIpc) is 2.84. The molecule has 0 fully saturated rings. The minimum absolute atomic E-state index is 0.178. The van der Waals surface area contributed by atoms with E-state index in [1.807, 2.05) is 13.0 Å². The summed E-state index contributed by atoms with van der Waals surface area (Å²) in [5, 5.41) is 3.57. The highest BCUT2D eigenvalue weighted by Gasteiger charge is 2.27. The summed E-state index contributed by atoms with van der Waals surface area (Å²) in [6, 6.07) is 10.7. The Labute approximate surface area is 217 Å². The van der Waals surface area contributed by atoms with E-state index in [9.17, 15) is 4.79 Å². The van der Waals surface area contributed by atoms with Crippen LogP contribution in [0.3, 0.4) is 0 Å². The maximum atomic E-state index is 12.3. The number of nitrogens with two attached hydrogens (primary N) is 1. The molecule has 4 heteroatoms. The van der Waals surface area contributed by atoms with Crippen LogP contribution >= 0.6 is 0 Å². The first kappa shape index (κ1) is 31.6. The molecule has 1 aromatic rings. The van der Waals surface area contributed by atoms with E-state index in [0.717, 1.165) is 6.42 Å². The van der Waals surface area contributed by atoms with Crippen molar-refractivity contribution in [1.82, 2.24) is 5.32 Å². The number of nitrogens with one attached hydrogen (secondary N) is 1. The molecule has 0 aliphatic carbocycles. The van der Waals surface area contributed by atoms with Crippen molar-refractivity contribution in [3.05, 3.63) is 35.9 Å². The molecule has 1 rings (SSSR count). The smallest absolute Gasteiger partial charge is 0.327 e. The Hall–Kier alpha value is -1.39. The highest BCUT2D eigenvalue weighted by Crippen LogP contribution is 2.22. The van der Waals surface area contributed by atoms with Crippen LogP contribution < -0.4 is 11.1 Å². The largest absolute Gasteiger partial charge is 0.445 e. The summed E-state index contributed by atoms with van der Waals surface area (Å²) in [5.41, 5.74) is 6.19. The topological polar surface area (TPSA) is 64.3 Å². The van der Waals surface area contributed by atoms with E-state index in [4.69, 9.17) is 10.5 Å². The van der Waals surface area contributed by atoms with Crippen LogP contribution in [-0.2, 0) is 9.53 Å². The maximum Gasteiger partial charge on any atom is 0.327 e. The fourth-order valence-corrected chi connectivity index (χ4v) is 4.49. The second-order valence-corrected chi connectivity index (χ2v) is 10.9. The summed E-state index contributed by atoms with van der Waals surface area (Å²) in [7, 11) is 0. The second-order valence-electron chi connectivity index (χ2n) is 10.9. The van der Waals surface area contributed by atoms with E-state index in [-0.39, 0.29) is 18.2 Å². The van der Waals surface area contributed by atoms with Crippen molar-refractivity contribution in [3.8, 4) is 0 Å². The Balaban J connectivity index is 2.23. The first-order valence-electron chi connectivity index (χ1n) is 14.7. The number of carbonyl (C=O) groups excluding carboxylic acids is 1. The SMILES string of the molecule is CCCCCCCCCCCCCCCCCC(NC(CC)OC(=O)C(C)(C)N)c1ccccc1. The third-order valence-electron chi connectivity index (χ3n) is 6.83. The predicted octanol–water partition coefficient (Wildman–Crippen LogP) is 8.60. The first-order chi connectivity index (χ1) is 16.9. The van der Waals surface area contributed by atoms with Gasteiger partial charge in [0.1, 0.15) is 5.54 Å². The molecule has 0 aromatic heterocycles. The zero-order valence-electron chi connectivity index (χ0n) is 23.5. The lowest BCUT2D eigenvalue weighted by Crippen LogP contribution is -2.47. The number of unbranched alkanes of at least 4 members (excludes halogenated alkanes) is 14. The minimum atomic E-state index is -0.981. The Morgan fingerprint density at radius 1 is 0.800 bits per heavy atom. The van der Waals surface area contributed by atoms with E-state index < -0.39 is 5.54 Å². The van der Waals surface area contributed by atoms with Crippen LogP contribution in [0.1, 0.15) is 148 Å². The number of benzene rings is 1.